The molecule has 1 aliphatic rings. The van der Waals surface area contributed by atoms with Gasteiger partial charge in [0.2, 0.25) is 11.8 Å². The number of carbonyl (C=O) groups excluding carboxylic acids is 2. The molecule has 0 aliphatic carbocycles. The summed E-state index contributed by atoms with van der Waals surface area (Å²) in [5.74, 6) is -0.749. The van der Waals surface area contributed by atoms with Crippen molar-refractivity contribution in [2.45, 2.75) is 16.2 Å². The average molecular weight is 333 g/mol. The first-order valence-electron chi connectivity index (χ1n) is 6.69. The van der Waals surface area contributed by atoms with E-state index in [4.69, 9.17) is 11.5 Å². The number of primary amides is 1. The van der Waals surface area contributed by atoms with Crippen LogP contribution in [0.15, 0.2) is 46.7 Å². The minimum Gasteiger partial charge on any atom is -0.368 e. The van der Waals surface area contributed by atoms with Crippen LogP contribution in [0.3, 0.4) is 0 Å². The molecule has 2 heterocycles. The average Bonchev–Trinajstić information content (AvgIpc) is 2.97. The molecule has 1 aliphatic heterocycles. The quantitative estimate of drug-likeness (QED) is 0.897. The molecule has 1 atom stereocenters. The number of thiophene rings is 1. The van der Waals surface area contributed by atoms with E-state index in [0.29, 0.717) is 5.69 Å². The Morgan fingerprint density at radius 2 is 2.05 bits per heavy atom. The van der Waals surface area contributed by atoms with E-state index >= 15 is 0 Å². The van der Waals surface area contributed by atoms with Crippen LogP contribution in [-0.4, -0.2) is 18.4 Å². The molecule has 7 heteroatoms. The third-order valence-corrected chi connectivity index (χ3v) is 5.89. The van der Waals surface area contributed by atoms with Gasteiger partial charge in [-0.05, 0) is 23.6 Å². The number of nitrogens with two attached hydrogens (primary N) is 2. The van der Waals surface area contributed by atoms with Crippen LogP contribution in [0.4, 0.5) is 5.69 Å². The van der Waals surface area contributed by atoms with Gasteiger partial charge < -0.3 is 16.4 Å². The normalized spacial score (nSPS) is 21.3. The van der Waals surface area contributed by atoms with Crippen LogP contribution in [0, 0.1) is 0 Å². The first kappa shape index (κ1) is 15.1. The number of hydrogen-bond acceptors (Lipinski definition) is 5. The molecular formula is C15H15N3O2S2. The largest absolute Gasteiger partial charge is 0.368 e. The Bertz CT molecular complexity index is 717. The summed E-state index contributed by atoms with van der Waals surface area (Å²) in [7, 11) is 0. The summed E-state index contributed by atoms with van der Waals surface area (Å²) in [6, 6.07) is 11.3. The second kappa shape index (κ2) is 5.75. The predicted molar refractivity (Wildman–Crippen MR) is 88.6 cm³/mol. The highest BCUT2D eigenvalue weighted by atomic mass is 32.2. The molecule has 22 heavy (non-hydrogen) atoms. The van der Waals surface area contributed by atoms with Gasteiger partial charge in [-0.1, -0.05) is 30.0 Å². The van der Waals surface area contributed by atoms with Crippen LogP contribution in [-0.2, 0) is 14.5 Å². The number of para-hydroxylation sites is 1. The molecule has 4 N–H and O–H groups in total. The Morgan fingerprint density at radius 1 is 1.27 bits per heavy atom. The van der Waals surface area contributed by atoms with Gasteiger partial charge in [-0.2, -0.15) is 0 Å². The van der Waals surface area contributed by atoms with E-state index in [1.54, 1.807) is 0 Å². The number of carbonyl (C=O) groups is 2. The van der Waals surface area contributed by atoms with Crippen molar-refractivity contribution in [3.05, 3.63) is 46.7 Å². The molecule has 114 valence electrons. The van der Waals surface area contributed by atoms with Gasteiger partial charge in [0.1, 0.15) is 11.4 Å². The highest BCUT2D eigenvalue weighted by Crippen LogP contribution is 2.47. The first-order chi connectivity index (χ1) is 10.5. The summed E-state index contributed by atoms with van der Waals surface area (Å²) < 4.78 is 0. The number of anilines is 1. The van der Waals surface area contributed by atoms with Crippen molar-refractivity contribution in [1.29, 1.82) is 0 Å². The van der Waals surface area contributed by atoms with Crippen molar-refractivity contribution in [1.82, 2.24) is 0 Å². The van der Waals surface area contributed by atoms with Crippen LogP contribution in [0.1, 0.15) is 11.3 Å². The number of rotatable bonds is 3. The van der Waals surface area contributed by atoms with E-state index in [2.05, 4.69) is 0 Å². The molecule has 2 amide bonds. The molecule has 0 spiro atoms. The van der Waals surface area contributed by atoms with E-state index in [9.17, 15) is 9.59 Å². The van der Waals surface area contributed by atoms with Crippen molar-refractivity contribution in [2.75, 3.05) is 11.4 Å². The number of thioether (sulfide) groups is 1. The summed E-state index contributed by atoms with van der Waals surface area (Å²) in [4.78, 5) is 26.4. The monoisotopic (exact) mass is 333 g/mol. The Labute approximate surface area is 136 Å². The lowest BCUT2D eigenvalue weighted by Gasteiger charge is -2.25. The minimum atomic E-state index is -0.840. The standard InChI is InChI=1S/C15H15N3O2S2/c16-13(19)9-18-10-4-1-2-5-11(10)22-15(17,8-14(18)20)12-6-3-7-21-12/h1-7H,8-9,17H2,(H2,16,19). The Hall–Kier alpha value is -1.83. The first-order valence-corrected chi connectivity index (χ1v) is 8.39. The van der Waals surface area contributed by atoms with Crippen LogP contribution in [0.2, 0.25) is 0 Å². The smallest absolute Gasteiger partial charge is 0.237 e. The summed E-state index contributed by atoms with van der Waals surface area (Å²) in [6.45, 7) is -0.142. The fourth-order valence-corrected chi connectivity index (χ4v) is 4.63. The second-order valence-corrected chi connectivity index (χ2v) is 7.38. The third kappa shape index (κ3) is 2.75. The van der Waals surface area contributed by atoms with E-state index < -0.39 is 10.8 Å². The summed E-state index contributed by atoms with van der Waals surface area (Å²) in [5, 5.41) is 1.94. The van der Waals surface area contributed by atoms with Gasteiger partial charge in [-0.25, -0.2) is 0 Å². The van der Waals surface area contributed by atoms with E-state index in [0.717, 1.165) is 9.77 Å². The number of amides is 2. The van der Waals surface area contributed by atoms with Crippen LogP contribution < -0.4 is 16.4 Å². The maximum atomic E-state index is 12.7. The Kier molecular flexibility index (Phi) is 3.94. The summed E-state index contributed by atoms with van der Waals surface area (Å²) in [6.07, 6.45) is 0.111. The zero-order chi connectivity index (χ0) is 15.7. The van der Waals surface area contributed by atoms with Gasteiger partial charge in [0, 0.05) is 9.77 Å². The van der Waals surface area contributed by atoms with Crippen molar-refractivity contribution in [3.63, 3.8) is 0 Å². The lowest BCUT2D eigenvalue weighted by Crippen LogP contribution is -2.42. The highest BCUT2D eigenvalue weighted by Gasteiger charge is 2.39. The molecular weight excluding hydrogens is 318 g/mol. The second-order valence-electron chi connectivity index (χ2n) is 5.06. The molecule has 1 unspecified atom stereocenters. The van der Waals surface area contributed by atoms with Gasteiger partial charge in [-0.15, -0.1) is 11.3 Å². The number of nitrogens with zero attached hydrogens (tertiary/aromatic N) is 1. The summed E-state index contributed by atoms with van der Waals surface area (Å²) in [5.41, 5.74) is 12.5. The number of benzene rings is 1. The van der Waals surface area contributed by atoms with Gasteiger partial charge >= 0.3 is 0 Å². The van der Waals surface area contributed by atoms with Crippen LogP contribution in [0.5, 0.6) is 0 Å². The van der Waals surface area contributed by atoms with Gasteiger partial charge in [0.25, 0.3) is 0 Å². The molecule has 1 aromatic carbocycles. The van der Waals surface area contributed by atoms with Crippen molar-refractivity contribution >= 4 is 40.6 Å². The zero-order valence-corrected chi connectivity index (χ0v) is 13.3. The molecule has 0 fully saturated rings. The maximum absolute atomic E-state index is 12.7. The van der Waals surface area contributed by atoms with Crippen molar-refractivity contribution < 1.29 is 9.59 Å². The topological polar surface area (TPSA) is 89.4 Å². The molecule has 0 radical (unpaired) electrons. The van der Waals surface area contributed by atoms with Crippen LogP contribution >= 0.6 is 23.1 Å². The lowest BCUT2D eigenvalue weighted by atomic mass is 10.1. The van der Waals surface area contributed by atoms with Gasteiger partial charge in [-0.3, -0.25) is 9.59 Å². The lowest BCUT2D eigenvalue weighted by molar-refractivity contribution is -0.122. The van der Waals surface area contributed by atoms with Crippen molar-refractivity contribution in [3.8, 4) is 0 Å². The fraction of sp³-hybridized carbons (Fsp3) is 0.200. The summed E-state index contributed by atoms with van der Waals surface area (Å²) >= 11 is 2.97. The van der Waals surface area contributed by atoms with Gasteiger partial charge in [0.15, 0.2) is 0 Å². The zero-order valence-electron chi connectivity index (χ0n) is 11.7. The number of fused-ring (bicyclic) bond motifs is 1. The minimum absolute atomic E-state index is 0.111. The molecule has 0 saturated heterocycles. The van der Waals surface area contributed by atoms with Gasteiger partial charge in [0.05, 0.1) is 12.1 Å². The maximum Gasteiger partial charge on any atom is 0.237 e. The predicted octanol–water partition coefficient (Wildman–Crippen LogP) is 1.87. The molecule has 2 aromatic rings. The fourth-order valence-electron chi connectivity index (χ4n) is 2.44. The third-order valence-electron chi connectivity index (χ3n) is 3.42. The van der Waals surface area contributed by atoms with E-state index in [1.807, 2.05) is 41.8 Å². The van der Waals surface area contributed by atoms with E-state index in [-0.39, 0.29) is 18.9 Å². The molecule has 1 aromatic heterocycles. The molecule has 3 rings (SSSR count). The number of hydrogen-bond donors (Lipinski definition) is 2. The molecule has 5 nitrogen and oxygen atoms in total. The Morgan fingerprint density at radius 3 is 2.73 bits per heavy atom. The molecule has 0 saturated carbocycles. The Balaban J connectivity index is 2.08. The highest BCUT2D eigenvalue weighted by molar-refractivity contribution is 8.00. The van der Waals surface area contributed by atoms with Crippen LogP contribution in [0.25, 0.3) is 0 Å². The SMILES string of the molecule is NC(=O)CN1C(=O)CC(N)(c2cccs2)Sc2ccccc21. The molecule has 0 bridgehead atoms. The van der Waals surface area contributed by atoms with Crippen molar-refractivity contribution in [2.24, 2.45) is 11.5 Å². The van der Waals surface area contributed by atoms with E-state index in [1.165, 1.54) is 28.0 Å².